The van der Waals surface area contributed by atoms with Gasteiger partial charge in [0, 0.05) is 20.8 Å². The average Bonchev–Trinajstić information content (AvgIpc) is 2.82. The minimum atomic E-state index is 0.702. The number of aryl methyl sites for hydroxylation is 1. The van der Waals surface area contributed by atoms with Crippen LogP contribution < -0.4 is 0 Å². The highest BCUT2D eigenvalue weighted by Gasteiger charge is 2.21. The van der Waals surface area contributed by atoms with Gasteiger partial charge in [-0.1, -0.05) is 53.4 Å². The van der Waals surface area contributed by atoms with E-state index in [1.807, 2.05) is 11.3 Å². The summed E-state index contributed by atoms with van der Waals surface area (Å²) in [6.07, 6.45) is 6.78. The normalized spacial score (nSPS) is 16.7. The second kappa shape index (κ2) is 5.76. The number of rotatable bonds is 2. The lowest BCUT2D eigenvalue weighted by molar-refractivity contribution is 0.442. The summed E-state index contributed by atoms with van der Waals surface area (Å²) in [6, 6.07) is 8.38. The van der Waals surface area contributed by atoms with Crippen molar-refractivity contribution in [2.24, 2.45) is 0 Å². The Morgan fingerprint density at radius 3 is 2.63 bits per heavy atom. The zero-order valence-corrected chi connectivity index (χ0v) is 13.6. The molecule has 0 N–H and O–H groups in total. The Hall–Kier alpha value is -0.670. The van der Waals surface area contributed by atoms with Gasteiger partial charge in [-0.05, 0) is 25.8 Å². The Morgan fingerprint density at radius 1 is 1.16 bits per heavy atom. The van der Waals surface area contributed by atoms with Gasteiger partial charge in [-0.25, -0.2) is 4.98 Å². The molecular weight excluding hydrogens is 318 g/mol. The lowest BCUT2D eigenvalue weighted by Crippen LogP contribution is -2.03. The highest BCUT2D eigenvalue weighted by molar-refractivity contribution is 9.10. The molecule has 0 aliphatic heterocycles. The van der Waals surface area contributed by atoms with Crippen LogP contribution in [0.4, 0.5) is 0 Å². The quantitative estimate of drug-likeness (QED) is 0.662. The van der Waals surface area contributed by atoms with Crippen molar-refractivity contribution in [3.63, 3.8) is 0 Å². The summed E-state index contributed by atoms with van der Waals surface area (Å²) < 4.78 is 1.14. The smallest absolute Gasteiger partial charge is 0.0966 e. The van der Waals surface area contributed by atoms with Crippen LogP contribution in [-0.2, 0) is 0 Å². The van der Waals surface area contributed by atoms with E-state index >= 15 is 0 Å². The van der Waals surface area contributed by atoms with Gasteiger partial charge in [-0.15, -0.1) is 11.3 Å². The fourth-order valence-electron chi connectivity index (χ4n) is 2.84. The van der Waals surface area contributed by atoms with E-state index in [2.05, 4.69) is 47.1 Å². The molecule has 1 saturated carbocycles. The number of thiazole rings is 1. The van der Waals surface area contributed by atoms with Crippen molar-refractivity contribution >= 4 is 27.3 Å². The van der Waals surface area contributed by atoms with Gasteiger partial charge in [0.15, 0.2) is 0 Å². The molecule has 0 atom stereocenters. The summed E-state index contributed by atoms with van der Waals surface area (Å²) in [7, 11) is 0. The Morgan fingerprint density at radius 2 is 1.89 bits per heavy atom. The maximum absolute atomic E-state index is 4.95. The molecule has 0 radical (unpaired) electrons. The van der Waals surface area contributed by atoms with E-state index in [1.165, 1.54) is 47.6 Å². The zero-order chi connectivity index (χ0) is 13.2. The lowest BCUT2D eigenvalue weighted by atomic mass is 9.90. The molecule has 0 saturated heterocycles. The minimum Gasteiger partial charge on any atom is -0.241 e. The number of hydrogen-bond donors (Lipinski definition) is 0. The molecule has 1 nitrogen and oxygen atoms in total. The molecule has 3 rings (SSSR count). The van der Waals surface area contributed by atoms with Gasteiger partial charge in [0.2, 0.25) is 0 Å². The molecule has 1 aliphatic rings. The molecule has 2 aromatic rings. The van der Waals surface area contributed by atoms with Crippen LogP contribution in [0.5, 0.6) is 0 Å². The largest absolute Gasteiger partial charge is 0.241 e. The van der Waals surface area contributed by atoms with Gasteiger partial charge in [0.1, 0.15) is 0 Å². The SMILES string of the molecule is Cc1sc(C2CCCCC2)nc1-c1ccccc1Br. The van der Waals surface area contributed by atoms with E-state index in [-0.39, 0.29) is 0 Å². The maximum Gasteiger partial charge on any atom is 0.0966 e. The van der Waals surface area contributed by atoms with Crippen LogP contribution >= 0.6 is 27.3 Å². The highest BCUT2D eigenvalue weighted by Crippen LogP contribution is 2.39. The maximum atomic E-state index is 4.95. The Bertz CT molecular complexity index is 570. The number of hydrogen-bond acceptors (Lipinski definition) is 2. The third kappa shape index (κ3) is 2.77. The second-order valence-corrected chi connectivity index (χ2v) is 7.36. The van der Waals surface area contributed by atoms with Gasteiger partial charge in [0.05, 0.1) is 10.7 Å². The monoisotopic (exact) mass is 335 g/mol. The third-order valence-electron chi connectivity index (χ3n) is 3.90. The molecular formula is C16H18BrNS. The third-order valence-corrected chi connectivity index (χ3v) is 5.72. The van der Waals surface area contributed by atoms with Gasteiger partial charge in [0.25, 0.3) is 0 Å². The molecule has 100 valence electrons. The molecule has 1 aliphatic carbocycles. The van der Waals surface area contributed by atoms with Crippen LogP contribution in [0.1, 0.15) is 47.9 Å². The first kappa shape index (κ1) is 13.3. The summed E-state index contributed by atoms with van der Waals surface area (Å²) in [6.45, 7) is 2.19. The van der Waals surface area contributed by atoms with Crippen LogP contribution in [0.25, 0.3) is 11.3 Å². The number of nitrogens with zero attached hydrogens (tertiary/aromatic N) is 1. The van der Waals surface area contributed by atoms with E-state index in [0.29, 0.717) is 5.92 Å². The van der Waals surface area contributed by atoms with Crippen molar-refractivity contribution in [1.82, 2.24) is 4.98 Å². The Kier molecular flexibility index (Phi) is 4.04. The van der Waals surface area contributed by atoms with E-state index < -0.39 is 0 Å². The van der Waals surface area contributed by atoms with Crippen molar-refractivity contribution in [3.8, 4) is 11.3 Å². The second-order valence-electron chi connectivity index (χ2n) is 5.27. The first-order chi connectivity index (χ1) is 9.25. The molecule has 19 heavy (non-hydrogen) atoms. The first-order valence-electron chi connectivity index (χ1n) is 6.98. The number of benzene rings is 1. The molecule has 0 bridgehead atoms. The molecule has 1 heterocycles. The Balaban J connectivity index is 1.95. The van der Waals surface area contributed by atoms with Gasteiger partial charge in [-0.2, -0.15) is 0 Å². The van der Waals surface area contributed by atoms with Crippen molar-refractivity contribution in [3.05, 3.63) is 38.6 Å². The van der Waals surface area contributed by atoms with E-state index in [0.717, 1.165) is 10.2 Å². The van der Waals surface area contributed by atoms with Crippen LogP contribution in [0.2, 0.25) is 0 Å². The van der Waals surface area contributed by atoms with Crippen LogP contribution in [0, 0.1) is 6.92 Å². The molecule has 3 heteroatoms. The van der Waals surface area contributed by atoms with Crippen molar-refractivity contribution < 1.29 is 0 Å². The van der Waals surface area contributed by atoms with Gasteiger partial charge >= 0.3 is 0 Å². The topological polar surface area (TPSA) is 12.9 Å². The van der Waals surface area contributed by atoms with Crippen molar-refractivity contribution in [2.75, 3.05) is 0 Å². The fourth-order valence-corrected chi connectivity index (χ4v) is 4.42. The molecule has 0 spiro atoms. The van der Waals surface area contributed by atoms with Gasteiger partial charge < -0.3 is 0 Å². The Labute approximate surface area is 127 Å². The summed E-state index contributed by atoms with van der Waals surface area (Å²) in [5, 5.41) is 1.35. The van der Waals surface area contributed by atoms with Crippen LogP contribution in [-0.4, -0.2) is 4.98 Å². The van der Waals surface area contributed by atoms with E-state index in [9.17, 15) is 0 Å². The minimum absolute atomic E-state index is 0.702. The van der Waals surface area contributed by atoms with Crippen LogP contribution in [0.3, 0.4) is 0 Å². The van der Waals surface area contributed by atoms with E-state index in [1.54, 1.807) is 0 Å². The van der Waals surface area contributed by atoms with Crippen LogP contribution in [0.15, 0.2) is 28.7 Å². The number of aromatic nitrogens is 1. The fraction of sp³-hybridized carbons (Fsp3) is 0.438. The first-order valence-corrected chi connectivity index (χ1v) is 8.59. The summed E-state index contributed by atoms with van der Waals surface area (Å²) in [5.41, 5.74) is 2.39. The lowest BCUT2D eigenvalue weighted by Gasteiger charge is -2.18. The molecule has 1 fully saturated rings. The van der Waals surface area contributed by atoms with E-state index in [4.69, 9.17) is 4.98 Å². The number of halogens is 1. The zero-order valence-electron chi connectivity index (χ0n) is 11.2. The summed E-state index contributed by atoms with van der Waals surface area (Å²) >= 11 is 5.53. The highest BCUT2D eigenvalue weighted by atomic mass is 79.9. The summed E-state index contributed by atoms with van der Waals surface area (Å²) in [4.78, 5) is 6.29. The average molecular weight is 336 g/mol. The predicted octanol–water partition coefficient (Wildman–Crippen LogP) is 5.93. The molecule has 0 amide bonds. The molecule has 1 aromatic carbocycles. The van der Waals surface area contributed by atoms with Crippen molar-refractivity contribution in [1.29, 1.82) is 0 Å². The van der Waals surface area contributed by atoms with Gasteiger partial charge in [-0.3, -0.25) is 0 Å². The summed E-state index contributed by atoms with van der Waals surface area (Å²) in [5.74, 6) is 0.702. The molecule has 0 unspecified atom stereocenters. The molecule has 1 aromatic heterocycles. The predicted molar refractivity (Wildman–Crippen MR) is 85.8 cm³/mol. The standard InChI is InChI=1S/C16H18BrNS/c1-11-15(13-9-5-6-10-14(13)17)18-16(19-11)12-7-3-2-4-8-12/h5-6,9-10,12H,2-4,7-8H2,1H3. The van der Waals surface area contributed by atoms with Crippen molar-refractivity contribution in [2.45, 2.75) is 44.9 Å².